The summed E-state index contributed by atoms with van der Waals surface area (Å²) in [6.07, 6.45) is -9.45. The molecule has 2 atom stereocenters. The van der Waals surface area contributed by atoms with Gasteiger partial charge in [0.25, 0.3) is 0 Å². The summed E-state index contributed by atoms with van der Waals surface area (Å²) in [5.41, 5.74) is -0.426. The summed E-state index contributed by atoms with van der Waals surface area (Å²) in [6, 6.07) is 11.7. The van der Waals surface area contributed by atoms with Crippen molar-refractivity contribution in [2.24, 2.45) is 0 Å². The van der Waals surface area contributed by atoms with E-state index in [0.29, 0.717) is 22.3 Å². The molecule has 408 valence electrons. The zero-order valence-electron chi connectivity index (χ0n) is 37.6. The van der Waals surface area contributed by atoms with Gasteiger partial charge in [-0.1, -0.05) is 24.3 Å². The summed E-state index contributed by atoms with van der Waals surface area (Å²) >= 11 is 0. The lowest BCUT2D eigenvalue weighted by Gasteiger charge is -2.28. The zero-order chi connectivity index (χ0) is 56.0. The van der Waals surface area contributed by atoms with Crippen molar-refractivity contribution in [2.45, 2.75) is 59.7 Å². The van der Waals surface area contributed by atoms with Crippen LogP contribution in [0.1, 0.15) is 69.2 Å². The van der Waals surface area contributed by atoms with E-state index >= 15 is 0 Å². The molecule has 0 spiro atoms. The highest BCUT2D eigenvalue weighted by Crippen LogP contribution is 2.45. The van der Waals surface area contributed by atoms with E-state index in [1.54, 1.807) is 0 Å². The van der Waals surface area contributed by atoms with Crippen LogP contribution < -0.4 is 17.8 Å². The molecule has 0 saturated heterocycles. The molecular formula is C48H30F18O8S2. The number of fused-ring (bicyclic) bond motifs is 2. The smallest absolute Gasteiger partial charge is 0.416 e. The molecule has 8 rings (SSSR count). The minimum Gasteiger partial charge on any atom is -0.493 e. The van der Waals surface area contributed by atoms with Gasteiger partial charge in [0.15, 0.2) is 0 Å². The fraction of sp³-hybridized carbons (Fsp3) is 0.250. The molecule has 8 nitrogen and oxygen atoms in total. The van der Waals surface area contributed by atoms with Crippen LogP contribution in [0.3, 0.4) is 0 Å². The molecule has 0 bridgehead atoms. The van der Waals surface area contributed by atoms with Gasteiger partial charge in [0, 0.05) is 47.9 Å². The first-order valence-electron chi connectivity index (χ1n) is 21.5. The average Bonchev–Trinajstić information content (AvgIpc) is 3.39. The van der Waals surface area contributed by atoms with Crippen LogP contribution in [-0.2, 0) is 45.4 Å². The normalized spacial score (nSPS) is 15.7. The van der Waals surface area contributed by atoms with E-state index < -0.39 is 148 Å². The molecule has 28 heteroatoms. The Morgan fingerprint density at radius 1 is 0.434 bits per heavy atom. The molecule has 2 heterocycles. The number of benzene rings is 6. The predicted octanol–water partition coefficient (Wildman–Crippen LogP) is 13.2. The Morgan fingerprint density at radius 2 is 0.737 bits per heavy atom. The maximum atomic E-state index is 13.9. The minimum absolute atomic E-state index is 0.0320. The van der Waals surface area contributed by atoms with Gasteiger partial charge in [-0.25, -0.2) is 26.3 Å². The van der Waals surface area contributed by atoms with Crippen molar-refractivity contribution in [2.75, 3.05) is 26.6 Å². The first-order chi connectivity index (χ1) is 35.5. The van der Waals surface area contributed by atoms with Gasteiger partial charge in [0.2, 0.25) is 69.7 Å². The Kier molecular flexibility index (Phi) is 16.2. The molecule has 0 amide bonds. The summed E-state index contributed by atoms with van der Waals surface area (Å²) in [5, 5.41) is 0. The van der Waals surface area contributed by atoms with Crippen LogP contribution in [0.2, 0.25) is 0 Å². The van der Waals surface area contributed by atoms with Crippen LogP contribution in [0.15, 0.2) is 82.6 Å². The second-order valence-corrected chi connectivity index (χ2v) is 19.4. The van der Waals surface area contributed by atoms with E-state index in [9.17, 15) is 95.9 Å². The number of hydrogen-bond donors (Lipinski definition) is 0. The molecule has 6 aromatic carbocycles. The Morgan fingerprint density at radius 3 is 1.04 bits per heavy atom. The molecule has 0 saturated carbocycles. The van der Waals surface area contributed by atoms with Gasteiger partial charge in [-0.05, 0) is 71.5 Å². The molecule has 2 aliphatic heterocycles. The Hall–Kier alpha value is -6.84. The van der Waals surface area contributed by atoms with Crippen molar-refractivity contribution < 1.29 is 114 Å². The maximum Gasteiger partial charge on any atom is 0.416 e. The van der Waals surface area contributed by atoms with Crippen molar-refractivity contribution in [3.63, 3.8) is 0 Å². The van der Waals surface area contributed by atoms with Crippen LogP contribution in [-0.4, -0.2) is 43.4 Å². The van der Waals surface area contributed by atoms with E-state index in [2.05, 4.69) is 8.37 Å². The van der Waals surface area contributed by atoms with Gasteiger partial charge in [-0.2, -0.15) is 60.7 Å². The molecular weight excluding hydrogens is 1110 g/mol. The quantitative estimate of drug-likeness (QED) is 0.0516. The Bertz CT molecular complexity index is 3180. The Labute approximate surface area is 417 Å². The lowest BCUT2D eigenvalue weighted by molar-refractivity contribution is -0.138. The molecule has 2 aliphatic rings. The zero-order valence-corrected chi connectivity index (χ0v) is 39.3. The highest BCUT2D eigenvalue weighted by atomic mass is 32.2. The van der Waals surface area contributed by atoms with Gasteiger partial charge < -0.3 is 17.8 Å². The van der Waals surface area contributed by atoms with E-state index in [1.807, 2.05) is 0 Å². The molecule has 76 heavy (non-hydrogen) atoms. The molecule has 6 aromatic rings. The van der Waals surface area contributed by atoms with E-state index in [1.165, 1.54) is 24.3 Å². The van der Waals surface area contributed by atoms with Crippen molar-refractivity contribution >= 4 is 20.2 Å². The minimum atomic E-state index is -5.15. The average molecular weight is 1140 g/mol. The third-order valence-corrected chi connectivity index (χ3v) is 14.2. The third-order valence-electron chi connectivity index (χ3n) is 11.8. The monoisotopic (exact) mass is 1140 g/mol. The largest absolute Gasteiger partial charge is 0.493 e. The summed E-state index contributed by atoms with van der Waals surface area (Å²) in [6.45, 7) is -1.93. The first kappa shape index (κ1) is 56.9. The highest BCUT2D eigenvalue weighted by Gasteiger charge is 2.37. The van der Waals surface area contributed by atoms with Crippen molar-refractivity contribution in [1.82, 2.24) is 0 Å². The molecule has 0 unspecified atom stereocenters. The fourth-order valence-corrected chi connectivity index (χ4v) is 10.1. The van der Waals surface area contributed by atoms with Gasteiger partial charge in [0.05, 0.1) is 37.7 Å². The third kappa shape index (κ3) is 11.3. The second-order valence-electron chi connectivity index (χ2n) is 16.4. The summed E-state index contributed by atoms with van der Waals surface area (Å²) in [4.78, 5) is -1.53. The van der Waals surface area contributed by atoms with Crippen LogP contribution >= 0.6 is 0 Å². The second kappa shape index (κ2) is 21.7. The number of halogens is 18. The standard InChI is InChI=1S/2C24H15F9O4S/c2*25-7-5-11-9-12(24(31,32)33)1-3-14(11)15-6-8-36-17-10-13(2-4-16(15)17)38(34,35)37-23-21(29)19(27)18(26)20(28)22(23)30/h2*1-4,9-10,15H,5-8H2/t2*15-/m10/s1. The molecule has 0 N–H and O–H groups in total. The van der Waals surface area contributed by atoms with Gasteiger partial charge in [0.1, 0.15) is 21.3 Å². The summed E-state index contributed by atoms with van der Waals surface area (Å²) < 4.78 is 311. The van der Waals surface area contributed by atoms with Gasteiger partial charge in [-0.3, -0.25) is 8.78 Å². The molecule has 0 fully saturated rings. The van der Waals surface area contributed by atoms with Crippen LogP contribution in [0, 0.1) is 58.2 Å². The van der Waals surface area contributed by atoms with E-state index in [0.717, 1.165) is 48.5 Å². The first-order valence-corrected chi connectivity index (χ1v) is 24.3. The maximum absolute atomic E-state index is 13.9. The number of aryl methyl sites for hydroxylation is 2. The van der Waals surface area contributed by atoms with Crippen LogP contribution in [0.25, 0.3) is 0 Å². The van der Waals surface area contributed by atoms with Crippen molar-refractivity contribution in [3.05, 3.63) is 175 Å². The predicted molar refractivity (Wildman–Crippen MR) is 227 cm³/mol. The van der Waals surface area contributed by atoms with Gasteiger partial charge in [-0.15, -0.1) is 0 Å². The number of hydrogen-bond acceptors (Lipinski definition) is 8. The SMILES string of the molecule is O=S(=O)(Oc1c(F)c(F)c(F)c(F)c1F)c1ccc2c(c1)OCC[C@@H]2c1ccc(C(F)(F)F)cc1CCF.O=S(=O)(Oc1c(F)c(F)c(F)c(F)c1F)c1ccc2c(c1)OCC[C@H]2c1ccc(C(F)(F)F)cc1CCF. The number of ether oxygens (including phenoxy) is 2. The van der Waals surface area contributed by atoms with Crippen LogP contribution in [0.5, 0.6) is 23.0 Å². The van der Waals surface area contributed by atoms with E-state index in [-0.39, 0.29) is 61.5 Å². The number of alkyl halides is 8. The van der Waals surface area contributed by atoms with Crippen molar-refractivity contribution in [1.29, 1.82) is 0 Å². The van der Waals surface area contributed by atoms with E-state index in [4.69, 9.17) is 9.47 Å². The highest BCUT2D eigenvalue weighted by molar-refractivity contribution is 7.87. The molecule has 0 aliphatic carbocycles. The Balaban J connectivity index is 0.000000221. The summed E-state index contributed by atoms with van der Waals surface area (Å²) in [7, 11) is -10.3. The van der Waals surface area contributed by atoms with Crippen LogP contribution in [0.4, 0.5) is 79.0 Å². The fourth-order valence-electron chi connectivity index (χ4n) is 8.21. The van der Waals surface area contributed by atoms with Gasteiger partial charge >= 0.3 is 32.6 Å². The lowest BCUT2D eigenvalue weighted by Crippen LogP contribution is -2.19. The topological polar surface area (TPSA) is 105 Å². The summed E-state index contributed by atoms with van der Waals surface area (Å²) in [5.74, 6) is -30.1. The molecule has 0 aromatic heterocycles. The van der Waals surface area contributed by atoms with Crippen molar-refractivity contribution in [3.8, 4) is 23.0 Å². The lowest BCUT2D eigenvalue weighted by atomic mass is 9.83. The number of rotatable bonds is 12. The molecule has 0 radical (unpaired) electrons.